The molecule has 0 heterocycles. The molecule has 0 aromatic heterocycles. The number of aryl methyl sites for hydroxylation is 1. The third-order valence-electron chi connectivity index (χ3n) is 4.10. The number of carbonyl (C=O) groups excluding carboxylic acids is 1. The van der Waals surface area contributed by atoms with Crippen LogP contribution in [0.3, 0.4) is 0 Å². The number of likely N-dealkylation sites (N-methyl/N-ethyl adjacent to an activating group) is 1. The van der Waals surface area contributed by atoms with Crippen LogP contribution < -0.4 is 14.8 Å². The molecule has 2 aromatic rings. The van der Waals surface area contributed by atoms with Gasteiger partial charge in [-0.2, -0.15) is 0 Å². The molecule has 1 atom stereocenters. The van der Waals surface area contributed by atoms with E-state index in [2.05, 4.69) is 5.32 Å². The smallest absolute Gasteiger partial charge is 0.242 e. The number of carbonyl (C=O) groups is 1. The van der Waals surface area contributed by atoms with E-state index in [4.69, 9.17) is 9.47 Å². The molecule has 0 saturated carbocycles. The molecule has 5 heteroatoms. The maximum atomic E-state index is 12.8. The van der Waals surface area contributed by atoms with Crippen molar-refractivity contribution in [3.8, 4) is 11.5 Å². The van der Waals surface area contributed by atoms with Gasteiger partial charge in [-0.3, -0.25) is 9.69 Å². The topological polar surface area (TPSA) is 50.8 Å². The Morgan fingerprint density at radius 1 is 1.08 bits per heavy atom. The van der Waals surface area contributed by atoms with Gasteiger partial charge in [-0.15, -0.1) is 0 Å². The number of hydrogen-bond acceptors (Lipinski definition) is 4. The summed E-state index contributed by atoms with van der Waals surface area (Å²) < 4.78 is 10.6. The Bertz CT molecular complexity index is 711. The van der Waals surface area contributed by atoms with E-state index in [0.29, 0.717) is 6.54 Å². The average molecular weight is 342 g/mol. The summed E-state index contributed by atoms with van der Waals surface area (Å²) in [6.45, 7) is 2.40. The summed E-state index contributed by atoms with van der Waals surface area (Å²) in [6, 6.07) is 13.2. The quantitative estimate of drug-likeness (QED) is 0.840. The van der Waals surface area contributed by atoms with Gasteiger partial charge in [0.05, 0.1) is 14.2 Å². The molecule has 0 unspecified atom stereocenters. The maximum Gasteiger partial charge on any atom is 0.242 e. The fraction of sp³-hybridized carbons (Fsp3) is 0.350. The van der Waals surface area contributed by atoms with Crippen molar-refractivity contribution >= 4 is 5.91 Å². The van der Waals surface area contributed by atoms with Crippen LogP contribution >= 0.6 is 0 Å². The Balaban J connectivity index is 2.15. The summed E-state index contributed by atoms with van der Waals surface area (Å²) in [7, 11) is 7.03. The first-order chi connectivity index (χ1) is 12.0. The van der Waals surface area contributed by atoms with Crippen molar-refractivity contribution < 1.29 is 14.3 Å². The van der Waals surface area contributed by atoms with E-state index in [1.165, 1.54) is 5.56 Å². The molecule has 0 radical (unpaired) electrons. The zero-order valence-corrected chi connectivity index (χ0v) is 15.5. The van der Waals surface area contributed by atoms with E-state index in [-0.39, 0.29) is 11.9 Å². The molecule has 1 amide bonds. The highest BCUT2D eigenvalue weighted by Crippen LogP contribution is 2.24. The summed E-state index contributed by atoms with van der Waals surface area (Å²) in [5.41, 5.74) is 3.00. The molecule has 25 heavy (non-hydrogen) atoms. The van der Waals surface area contributed by atoms with Crippen molar-refractivity contribution in [2.24, 2.45) is 0 Å². The lowest BCUT2D eigenvalue weighted by atomic mass is 10.0. The number of nitrogens with one attached hydrogen (secondary N) is 1. The highest BCUT2D eigenvalue weighted by atomic mass is 16.5. The lowest BCUT2D eigenvalue weighted by Gasteiger charge is -2.24. The Labute approximate surface area is 149 Å². The first-order valence-electron chi connectivity index (χ1n) is 8.18. The molecule has 2 rings (SSSR count). The van der Waals surface area contributed by atoms with Crippen molar-refractivity contribution in [3.63, 3.8) is 0 Å². The van der Waals surface area contributed by atoms with Crippen LogP contribution in [0, 0.1) is 6.92 Å². The number of rotatable bonds is 7. The number of ether oxygens (including phenoxy) is 2. The molecule has 0 bridgehead atoms. The average Bonchev–Trinajstić information content (AvgIpc) is 2.61. The van der Waals surface area contributed by atoms with E-state index in [1.54, 1.807) is 14.2 Å². The molecular weight excluding hydrogens is 316 g/mol. The van der Waals surface area contributed by atoms with E-state index < -0.39 is 0 Å². The lowest BCUT2D eigenvalue weighted by Crippen LogP contribution is -2.36. The first kappa shape index (κ1) is 18.8. The molecular formula is C20H26N2O3. The summed E-state index contributed by atoms with van der Waals surface area (Å²) in [4.78, 5) is 14.7. The Morgan fingerprint density at radius 3 is 2.32 bits per heavy atom. The predicted molar refractivity (Wildman–Crippen MR) is 99.0 cm³/mol. The number of nitrogens with zero attached hydrogens (tertiary/aromatic N) is 1. The monoisotopic (exact) mass is 342 g/mol. The van der Waals surface area contributed by atoms with Crippen LogP contribution in [0.4, 0.5) is 0 Å². The maximum absolute atomic E-state index is 12.8. The normalized spacial score (nSPS) is 11.9. The molecule has 1 N–H and O–H groups in total. The van der Waals surface area contributed by atoms with Crippen molar-refractivity contribution in [1.82, 2.24) is 10.2 Å². The van der Waals surface area contributed by atoms with E-state index >= 15 is 0 Å². The molecule has 5 nitrogen and oxygen atoms in total. The fourth-order valence-corrected chi connectivity index (χ4v) is 2.73. The molecule has 0 saturated heterocycles. The summed E-state index contributed by atoms with van der Waals surface area (Å²) in [6.07, 6.45) is 0. The third kappa shape index (κ3) is 4.73. The van der Waals surface area contributed by atoms with Gasteiger partial charge in [-0.05, 0) is 44.8 Å². The molecule has 0 fully saturated rings. The molecule has 2 aromatic carbocycles. The van der Waals surface area contributed by atoms with Crippen LogP contribution in [0.5, 0.6) is 11.5 Å². The Morgan fingerprint density at radius 2 is 1.76 bits per heavy atom. The third-order valence-corrected chi connectivity index (χ3v) is 4.10. The van der Waals surface area contributed by atoms with Gasteiger partial charge in [0.15, 0.2) is 0 Å². The second kappa shape index (κ2) is 8.53. The second-order valence-electron chi connectivity index (χ2n) is 6.17. The number of hydrogen-bond donors (Lipinski definition) is 1. The minimum Gasteiger partial charge on any atom is -0.497 e. The van der Waals surface area contributed by atoms with Crippen LogP contribution in [0.2, 0.25) is 0 Å². The summed E-state index contributed by atoms with van der Waals surface area (Å²) in [5.74, 6) is 1.39. The highest BCUT2D eigenvalue weighted by molar-refractivity contribution is 5.83. The lowest BCUT2D eigenvalue weighted by molar-refractivity contribution is -0.125. The number of benzene rings is 2. The van der Waals surface area contributed by atoms with Crippen molar-refractivity contribution in [2.45, 2.75) is 19.5 Å². The summed E-state index contributed by atoms with van der Waals surface area (Å²) in [5, 5.41) is 3.00. The molecule has 0 aliphatic heterocycles. The van der Waals surface area contributed by atoms with Gasteiger partial charge in [-0.1, -0.05) is 29.8 Å². The van der Waals surface area contributed by atoms with Gasteiger partial charge >= 0.3 is 0 Å². The van der Waals surface area contributed by atoms with Crippen molar-refractivity contribution in [2.75, 3.05) is 28.3 Å². The zero-order valence-electron chi connectivity index (χ0n) is 15.5. The summed E-state index contributed by atoms with van der Waals surface area (Å²) >= 11 is 0. The van der Waals surface area contributed by atoms with E-state index in [9.17, 15) is 4.79 Å². The first-order valence-corrected chi connectivity index (χ1v) is 8.18. The zero-order chi connectivity index (χ0) is 18.4. The van der Waals surface area contributed by atoms with Crippen LogP contribution in [0.25, 0.3) is 0 Å². The molecule has 0 spiro atoms. The molecule has 134 valence electrons. The van der Waals surface area contributed by atoms with Crippen molar-refractivity contribution in [1.29, 1.82) is 0 Å². The van der Waals surface area contributed by atoms with Crippen LogP contribution in [-0.4, -0.2) is 39.1 Å². The van der Waals surface area contributed by atoms with Gasteiger partial charge in [0.2, 0.25) is 5.91 Å². The highest BCUT2D eigenvalue weighted by Gasteiger charge is 2.22. The molecule has 0 aliphatic rings. The Hall–Kier alpha value is -2.53. The standard InChI is InChI=1S/C20H26N2O3/c1-14-6-8-15(9-7-14)19(22(2)3)20(23)21-13-16-12-17(24-4)10-11-18(16)25-5/h6-12,19H,13H2,1-5H3,(H,21,23)/t19-/m1/s1. The van der Waals surface area contributed by atoms with Gasteiger partial charge in [0, 0.05) is 12.1 Å². The second-order valence-corrected chi connectivity index (χ2v) is 6.17. The van der Waals surface area contributed by atoms with E-state index in [1.807, 2.05) is 68.4 Å². The van der Waals surface area contributed by atoms with Crippen molar-refractivity contribution in [3.05, 3.63) is 59.2 Å². The molecule has 0 aliphatic carbocycles. The van der Waals surface area contributed by atoms with Crippen LogP contribution in [0.1, 0.15) is 22.7 Å². The van der Waals surface area contributed by atoms with Crippen LogP contribution in [-0.2, 0) is 11.3 Å². The van der Waals surface area contributed by atoms with Gasteiger partial charge in [0.1, 0.15) is 17.5 Å². The number of methoxy groups -OCH3 is 2. The van der Waals surface area contributed by atoms with Gasteiger partial charge in [-0.25, -0.2) is 0 Å². The van der Waals surface area contributed by atoms with Gasteiger partial charge in [0.25, 0.3) is 0 Å². The fourth-order valence-electron chi connectivity index (χ4n) is 2.73. The Kier molecular flexibility index (Phi) is 6.42. The largest absolute Gasteiger partial charge is 0.497 e. The predicted octanol–water partition coefficient (Wildman–Crippen LogP) is 2.93. The minimum absolute atomic E-state index is 0.0567. The van der Waals surface area contributed by atoms with Crippen LogP contribution in [0.15, 0.2) is 42.5 Å². The van der Waals surface area contributed by atoms with Gasteiger partial charge < -0.3 is 14.8 Å². The minimum atomic E-state index is -0.350. The van der Waals surface area contributed by atoms with E-state index in [0.717, 1.165) is 22.6 Å². The SMILES string of the molecule is COc1ccc(OC)c(CNC(=O)[C@@H](c2ccc(C)cc2)N(C)C)c1. The number of amides is 1.